The molecule has 0 radical (unpaired) electrons. The Morgan fingerprint density at radius 1 is 0.788 bits per heavy atom. The van der Waals surface area contributed by atoms with Gasteiger partial charge in [0.05, 0.1) is 13.2 Å². The van der Waals surface area contributed by atoms with Crippen LogP contribution in [0.15, 0.2) is 84.9 Å². The van der Waals surface area contributed by atoms with Crippen LogP contribution in [0.4, 0.5) is 0 Å². The van der Waals surface area contributed by atoms with E-state index in [1.165, 1.54) is 11.1 Å². The quantitative estimate of drug-likeness (QED) is 0.501. The van der Waals surface area contributed by atoms with Crippen molar-refractivity contribution in [2.45, 2.75) is 25.5 Å². The van der Waals surface area contributed by atoms with Gasteiger partial charge in [-0.25, -0.2) is 0 Å². The Labute approximate surface area is 196 Å². The zero-order valence-electron chi connectivity index (χ0n) is 19.4. The molecule has 3 aromatic rings. The van der Waals surface area contributed by atoms with E-state index in [0.29, 0.717) is 31.0 Å². The van der Waals surface area contributed by atoms with Crippen molar-refractivity contribution in [2.24, 2.45) is 0 Å². The molecule has 4 rings (SSSR count). The number of nitrogens with zero attached hydrogens (tertiary/aromatic N) is 2. The lowest BCUT2D eigenvalue weighted by atomic mass is 9.96. The van der Waals surface area contributed by atoms with Gasteiger partial charge in [-0.1, -0.05) is 79.7 Å². The molecule has 1 aliphatic rings. The van der Waals surface area contributed by atoms with Gasteiger partial charge in [0.15, 0.2) is 17.6 Å². The highest BCUT2D eigenvalue weighted by atomic mass is 16.5. The second-order valence-electron chi connectivity index (χ2n) is 8.25. The van der Waals surface area contributed by atoms with Crippen LogP contribution in [0.3, 0.4) is 0 Å². The molecule has 1 aliphatic heterocycles. The number of rotatable bonds is 8. The summed E-state index contributed by atoms with van der Waals surface area (Å²) >= 11 is 0. The molecule has 0 spiro atoms. The minimum Gasteiger partial charge on any atom is -0.493 e. The second kappa shape index (κ2) is 11.0. The molecule has 1 fully saturated rings. The van der Waals surface area contributed by atoms with E-state index in [1.807, 2.05) is 36.1 Å². The fraction of sp³-hybridized carbons (Fsp3) is 0.321. The zero-order chi connectivity index (χ0) is 23.0. The standard InChI is InChI=1S/C28H32N2O3/c1-3-24(33-26-17-11-10-16-25(26)32-2)28(31)30-20-18-29(19-21-30)27(22-12-6-4-7-13-22)23-14-8-5-9-15-23/h4-17,24,27H,3,18-21H2,1-2H3/t24-/m0/s1. The maximum atomic E-state index is 13.3. The topological polar surface area (TPSA) is 42.0 Å². The zero-order valence-corrected chi connectivity index (χ0v) is 19.4. The first-order chi connectivity index (χ1) is 16.2. The minimum absolute atomic E-state index is 0.0408. The van der Waals surface area contributed by atoms with Crippen molar-refractivity contribution in [2.75, 3.05) is 33.3 Å². The molecule has 1 amide bonds. The lowest BCUT2D eigenvalue weighted by Crippen LogP contribution is -2.53. The summed E-state index contributed by atoms with van der Waals surface area (Å²) in [6.07, 6.45) is 0.0835. The Balaban J connectivity index is 1.45. The second-order valence-corrected chi connectivity index (χ2v) is 8.25. The van der Waals surface area contributed by atoms with Crippen molar-refractivity contribution in [1.29, 1.82) is 0 Å². The van der Waals surface area contributed by atoms with Crippen LogP contribution < -0.4 is 9.47 Å². The van der Waals surface area contributed by atoms with Gasteiger partial charge < -0.3 is 14.4 Å². The van der Waals surface area contributed by atoms with Crippen LogP contribution in [0.5, 0.6) is 11.5 Å². The molecule has 0 aromatic heterocycles. The monoisotopic (exact) mass is 444 g/mol. The Morgan fingerprint density at radius 3 is 1.82 bits per heavy atom. The molecule has 33 heavy (non-hydrogen) atoms. The third-order valence-electron chi connectivity index (χ3n) is 6.21. The fourth-order valence-electron chi connectivity index (χ4n) is 4.47. The SMILES string of the molecule is CC[C@H](Oc1ccccc1OC)C(=O)N1CCN(C(c2ccccc2)c2ccccc2)CC1. The molecule has 1 heterocycles. The highest BCUT2D eigenvalue weighted by molar-refractivity contribution is 5.81. The smallest absolute Gasteiger partial charge is 0.263 e. The van der Waals surface area contributed by atoms with Gasteiger partial charge >= 0.3 is 0 Å². The van der Waals surface area contributed by atoms with Gasteiger partial charge in [-0.05, 0) is 29.7 Å². The van der Waals surface area contributed by atoms with Gasteiger partial charge in [-0.2, -0.15) is 0 Å². The molecule has 0 bridgehead atoms. The number of carbonyl (C=O) groups is 1. The van der Waals surface area contributed by atoms with Crippen LogP contribution in [0.25, 0.3) is 0 Å². The number of hydrogen-bond acceptors (Lipinski definition) is 4. The van der Waals surface area contributed by atoms with E-state index in [0.717, 1.165) is 13.1 Å². The van der Waals surface area contributed by atoms with Gasteiger partial charge in [0, 0.05) is 26.2 Å². The summed E-state index contributed by atoms with van der Waals surface area (Å²) in [5.41, 5.74) is 2.55. The van der Waals surface area contributed by atoms with Crippen molar-refractivity contribution in [3.8, 4) is 11.5 Å². The maximum absolute atomic E-state index is 13.3. The third-order valence-corrected chi connectivity index (χ3v) is 6.21. The molecule has 0 saturated carbocycles. The van der Waals surface area contributed by atoms with E-state index < -0.39 is 6.10 Å². The van der Waals surface area contributed by atoms with E-state index in [1.54, 1.807) is 7.11 Å². The number of hydrogen-bond donors (Lipinski definition) is 0. The number of methoxy groups -OCH3 is 1. The Bertz CT molecular complexity index is 978. The molecule has 1 atom stereocenters. The average Bonchev–Trinajstić information content (AvgIpc) is 2.89. The maximum Gasteiger partial charge on any atom is 0.263 e. The highest BCUT2D eigenvalue weighted by Gasteiger charge is 2.31. The van der Waals surface area contributed by atoms with E-state index >= 15 is 0 Å². The summed E-state index contributed by atoms with van der Waals surface area (Å²) < 4.78 is 11.5. The van der Waals surface area contributed by atoms with Crippen molar-refractivity contribution < 1.29 is 14.3 Å². The average molecular weight is 445 g/mol. The molecule has 5 heteroatoms. The third kappa shape index (κ3) is 5.37. The molecular weight excluding hydrogens is 412 g/mol. The van der Waals surface area contributed by atoms with Crippen LogP contribution in [0.2, 0.25) is 0 Å². The molecule has 1 saturated heterocycles. The van der Waals surface area contributed by atoms with Crippen molar-refractivity contribution in [3.05, 3.63) is 96.1 Å². The summed E-state index contributed by atoms with van der Waals surface area (Å²) in [5, 5.41) is 0. The summed E-state index contributed by atoms with van der Waals surface area (Å²) in [6.45, 7) is 4.97. The lowest BCUT2D eigenvalue weighted by molar-refractivity contribution is -0.140. The van der Waals surface area contributed by atoms with Gasteiger partial charge in [0.1, 0.15) is 0 Å². The predicted octanol–water partition coefficient (Wildman–Crippen LogP) is 4.79. The van der Waals surface area contributed by atoms with Crippen LogP contribution in [-0.2, 0) is 4.79 Å². The van der Waals surface area contributed by atoms with E-state index in [9.17, 15) is 4.79 Å². The fourth-order valence-corrected chi connectivity index (χ4v) is 4.47. The number of benzene rings is 3. The van der Waals surface area contributed by atoms with Crippen molar-refractivity contribution in [1.82, 2.24) is 9.80 Å². The molecule has 172 valence electrons. The molecule has 0 N–H and O–H groups in total. The molecule has 5 nitrogen and oxygen atoms in total. The summed E-state index contributed by atoms with van der Waals surface area (Å²) in [6, 6.07) is 28.8. The van der Waals surface area contributed by atoms with Crippen LogP contribution >= 0.6 is 0 Å². The summed E-state index contributed by atoms with van der Waals surface area (Å²) in [4.78, 5) is 17.7. The molecular formula is C28H32N2O3. The van der Waals surface area contributed by atoms with Gasteiger partial charge in [-0.15, -0.1) is 0 Å². The number of piperazine rings is 1. The van der Waals surface area contributed by atoms with E-state index in [2.05, 4.69) is 65.6 Å². The van der Waals surface area contributed by atoms with Crippen molar-refractivity contribution in [3.63, 3.8) is 0 Å². The van der Waals surface area contributed by atoms with Gasteiger partial charge in [0.25, 0.3) is 5.91 Å². The van der Waals surface area contributed by atoms with Gasteiger partial charge in [0.2, 0.25) is 0 Å². The van der Waals surface area contributed by atoms with E-state index in [4.69, 9.17) is 9.47 Å². The molecule has 0 unspecified atom stereocenters. The Kier molecular flexibility index (Phi) is 7.63. The summed E-state index contributed by atoms with van der Waals surface area (Å²) in [7, 11) is 1.61. The first kappa shape index (κ1) is 22.9. The normalized spacial score (nSPS) is 15.3. The predicted molar refractivity (Wildman–Crippen MR) is 131 cm³/mol. The number of carbonyl (C=O) groups excluding carboxylic acids is 1. The summed E-state index contributed by atoms with van der Waals surface area (Å²) in [5.74, 6) is 1.29. The lowest BCUT2D eigenvalue weighted by Gasteiger charge is -2.40. The van der Waals surface area contributed by atoms with Crippen LogP contribution in [0, 0.1) is 0 Å². The Hall–Kier alpha value is -3.31. The first-order valence-corrected chi connectivity index (χ1v) is 11.6. The first-order valence-electron chi connectivity index (χ1n) is 11.6. The Morgan fingerprint density at radius 2 is 1.30 bits per heavy atom. The van der Waals surface area contributed by atoms with E-state index in [-0.39, 0.29) is 11.9 Å². The van der Waals surface area contributed by atoms with Crippen LogP contribution in [-0.4, -0.2) is 55.1 Å². The number of ether oxygens (including phenoxy) is 2. The number of para-hydroxylation sites is 2. The minimum atomic E-state index is -0.521. The molecule has 0 aliphatic carbocycles. The number of amides is 1. The highest BCUT2D eigenvalue weighted by Crippen LogP contribution is 2.30. The molecule has 3 aromatic carbocycles. The largest absolute Gasteiger partial charge is 0.493 e. The van der Waals surface area contributed by atoms with Crippen LogP contribution in [0.1, 0.15) is 30.5 Å². The van der Waals surface area contributed by atoms with Gasteiger partial charge in [-0.3, -0.25) is 9.69 Å². The van der Waals surface area contributed by atoms with Crippen molar-refractivity contribution >= 4 is 5.91 Å².